The van der Waals surface area contributed by atoms with Gasteiger partial charge in [0.1, 0.15) is 12.1 Å². The number of nitrogens with zero attached hydrogens (tertiary/aromatic N) is 2. The summed E-state index contributed by atoms with van der Waals surface area (Å²) >= 11 is 1.56. The van der Waals surface area contributed by atoms with Gasteiger partial charge in [0, 0.05) is 28.3 Å². The van der Waals surface area contributed by atoms with Crippen LogP contribution in [0.5, 0.6) is 0 Å². The highest BCUT2D eigenvalue weighted by Gasteiger charge is 2.54. The van der Waals surface area contributed by atoms with E-state index in [4.69, 9.17) is 0 Å². The van der Waals surface area contributed by atoms with Gasteiger partial charge in [-0.1, -0.05) is 0 Å². The van der Waals surface area contributed by atoms with Gasteiger partial charge in [-0.3, -0.25) is 24.6 Å². The first-order chi connectivity index (χ1) is 13.4. The van der Waals surface area contributed by atoms with Gasteiger partial charge in [-0.15, -0.1) is 11.3 Å². The number of thiophene rings is 1. The van der Waals surface area contributed by atoms with Gasteiger partial charge >= 0.3 is 6.03 Å². The number of aryl methyl sites for hydroxylation is 1. The lowest BCUT2D eigenvalue weighted by Gasteiger charge is -2.31. The third-order valence-corrected chi connectivity index (χ3v) is 5.98. The molecular weight excluding hydrogens is 384 g/mol. The summed E-state index contributed by atoms with van der Waals surface area (Å²) in [5.74, 6) is -0.980. The predicted octanol–water partition coefficient (Wildman–Crippen LogP) is 2.38. The van der Waals surface area contributed by atoms with E-state index in [1.807, 2.05) is 11.4 Å². The van der Waals surface area contributed by atoms with Crippen molar-refractivity contribution in [3.8, 4) is 0 Å². The summed E-state index contributed by atoms with van der Waals surface area (Å²) in [5.41, 5.74) is -0.0216. The van der Waals surface area contributed by atoms with E-state index in [1.165, 1.54) is 24.3 Å². The third-order valence-electron chi connectivity index (χ3n) is 5.00. The largest absolute Gasteiger partial charge is 0.325 e. The molecule has 1 atom stereocenters. The fourth-order valence-electron chi connectivity index (χ4n) is 3.70. The van der Waals surface area contributed by atoms with Crippen LogP contribution in [-0.2, 0) is 21.5 Å². The Morgan fingerprint density at radius 3 is 2.75 bits per heavy atom. The topological polar surface area (TPSA) is 122 Å². The number of nitro benzene ring substituents is 1. The molecule has 144 valence electrons. The zero-order valence-corrected chi connectivity index (χ0v) is 15.5. The quantitative estimate of drug-likeness (QED) is 0.464. The second-order valence-electron chi connectivity index (χ2n) is 6.69. The summed E-state index contributed by atoms with van der Waals surface area (Å²) in [6.07, 6.45) is 2.16. The summed E-state index contributed by atoms with van der Waals surface area (Å²) in [7, 11) is 0. The first-order valence-electron chi connectivity index (χ1n) is 8.66. The van der Waals surface area contributed by atoms with E-state index < -0.39 is 34.9 Å². The second-order valence-corrected chi connectivity index (χ2v) is 7.69. The smallest absolute Gasteiger partial charge is 0.325 e. The minimum atomic E-state index is -1.09. The molecule has 4 rings (SSSR count). The summed E-state index contributed by atoms with van der Waals surface area (Å²) in [6.45, 7) is -0.428. The molecule has 1 aromatic heterocycles. The number of imide groups is 1. The lowest BCUT2D eigenvalue weighted by Crippen LogP contribution is -2.46. The Morgan fingerprint density at radius 1 is 1.29 bits per heavy atom. The molecular formula is C18H16N4O5S. The molecule has 4 amide bonds. The average Bonchev–Trinajstić information content (AvgIpc) is 3.23. The maximum atomic E-state index is 13.1. The number of rotatable bonds is 4. The zero-order chi connectivity index (χ0) is 19.9. The lowest BCUT2D eigenvalue weighted by atomic mass is 9.80. The standard InChI is InChI=1S/C18H16N4O5S/c23-15(19-11-3-5-12(6-4-11)22(26)27)10-21-16(24)18(20-17(21)25)8-1-2-14-13(18)7-9-28-14/h3-7,9H,1-2,8,10H2,(H,19,23)(H,20,25)/t18-/m0/s1. The molecule has 0 bridgehead atoms. The highest BCUT2D eigenvalue weighted by molar-refractivity contribution is 7.10. The van der Waals surface area contributed by atoms with Crippen LogP contribution in [0.15, 0.2) is 35.7 Å². The predicted molar refractivity (Wildman–Crippen MR) is 101 cm³/mol. The number of urea groups is 1. The van der Waals surface area contributed by atoms with Gasteiger partial charge in [0.15, 0.2) is 0 Å². The molecule has 0 unspecified atom stereocenters. The molecule has 2 aromatic rings. The van der Waals surface area contributed by atoms with Crippen LogP contribution in [0.25, 0.3) is 0 Å². The molecule has 10 heteroatoms. The Bertz CT molecular complexity index is 986. The summed E-state index contributed by atoms with van der Waals surface area (Å²) in [5, 5.41) is 17.9. The van der Waals surface area contributed by atoms with Crippen molar-refractivity contribution in [2.24, 2.45) is 0 Å². The fraction of sp³-hybridized carbons (Fsp3) is 0.278. The van der Waals surface area contributed by atoms with Crippen molar-refractivity contribution < 1.29 is 19.3 Å². The Kier molecular flexibility index (Phi) is 4.34. The van der Waals surface area contributed by atoms with Gasteiger partial charge in [0.25, 0.3) is 11.6 Å². The monoisotopic (exact) mass is 400 g/mol. The molecule has 9 nitrogen and oxygen atoms in total. The van der Waals surface area contributed by atoms with E-state index in [0.717, 1.165) is 28.2 Å². The molecule has 1 aromatic carbocycles. The average molecular weight is 400 g/mol. The number of amides is 4. The van der Waals surface area contributed by atoms with E-state index in [1.54, 1.807) is 11.3 Å². The number of carbonyl (C=O) groups excluding carboxylic acids is 3. The van der Waals surface area contributed by atoms with Crippen LogP contribution in [0.2, 0.25) is 0 Å². The number of hydrogen-bond donors (Lipinski definition) is 2. The minimum Gasteiger partial charge on any atom is -0.325 e. The van der Waals surface area contributed by atoms with Crippen molar-refractivity contribution in [1.82, 2.24) is 10.2 Å². The Morgan fingerprint density at radius 2 is 2.04 bits per heavy atom. The van der Waals surface area contributed by atoms with Crippen LogP contribution in [0.3, 0.4) is 0 Å². The number of benzene rings is 1. The summed E-state index contributed by atoms with van der Waals surface area (Å²) in [6, 6.07) is 6.57. The zero-order valence-electron chi connectivity index (χ0n) is 14.6. The van der Waals surface area contributed by atoms with E-state index in [-0.39, 0.29) is 5.69 Å². The summed E-state index contributed by atoms with van der Waals surface area (Å²) in [4.78, 5) is 50.0. The van der Waals surface area contributed by atoms with Gasteiger partial charge in [-0.2, -0.15) is 0 Å². The molecule has 1 aliphatic carbocycles. The van der Waals surface area contributed by atoms with Gasteiger partial charge in [0.05, 0.1) is 4.92 Å². The molecule has 0 radical (unpaired) electrons. The molecule has 2 aliphatic rings. The van der Waals surface area contributed by atoms with Crippen molar-refractivity contribution in [2.45, 2.75) is 24.8 Å². The van der Waals surface area contributed by atoms with Crippen molar-refractivity contribution in [3.63, 3.8) is 0 Å². The SMILES string of the molecule is O=C(CN1C(=O)N[C@]2(CCCc3sccc32)C1=O)Nc1ccc([N+](=O)[O-])cc1. The number of hydrogen-bond acceptors (Lipinski definition) is 6. The van der Waals surface area contributed by atoms with Gasteiger partial charge in [0.2, 0.25) is 5.91 Å². The number of nitrogens with one attached hydrogen (secondary N) is 2. The molecule has 0 saturated carbocycles. The maximum absolute atomic E-state index is 13.1. The number of carbonyl (C=O) groups is 3. The molecule has 2 N–H and O–H groups in total. The normalized spacial score (nSPS) is 20.8. The minimum absolute atomic E-state index is 0.0992. The first-order valence-corrected chi connectivity index (χ1v) is 9.54. The van der Waals surface area contributed by atoms with E-state index in [0.29, 0.717) is 12.1 Å². The Balaban J connectivity index is 1.48. The van der Waals surface area contributed by atoms with Crippen molar-refractivity contribution in [2.75, 3.05) is 11.9 Å². The number of non-ortho nitro benzene ring substituents is 1. The Labute approximate surface area is 163 Å². The Hall–Kier alpha value is -3.27. The van der Waals surface area contributed by atoms with E-state index >= 15 is 0 Å². The van der Waals surface area contributed by atoms with Crippen LogP contribution >= 0.6 is 11.3 Å². The van der Waals surface area contributed by atoms with Crippen LogP contribution in [0.1, 0.15) is 23.3 Å². The first kappa shape index (κ1) is 18.1. The maximum Gasteiger partial charge on any atom is 0.325 e. The molecule has 28 heavy (non-hydrogen) atoms. The number of nitro groups is 1. The van der Waals surface area contributed by atoms with Crippen LogP contribution in [0, 0.1) is 10.1 Å². The number of fused-ring (bicyclic) bond motifs is 2. The van der Waals surface area contributed by atoms with Gasteiger partial charge < -0.3 is 10.6 Å². The fourth-order valence-corrected chi connectivity index (χ4v) is 4.70. The summed E-state index contributed by atoms with van der Waals surface area (Å²) < 4.78 is 0. The second kappa shape index (κ2) is 6.71. The molecule has 1 spiro atoms. The highest BCUT2D eigenvalue weighted by atomic mass is 32.1. The molecule has 1 aliphatic heterocycles. The van der Waals surface area contributed by atoms with Gasteiger partial charge in [-0.25, -0.2) is 4.79 Å². The molecule has 1 fully saturated rings. The van der Waals surface area contributed by atoms with E-state index in [9.17, 15) is 24.5 Å². The number of anilines is 1. The van der Waals surface area contributed by atoms with Crippen LogP contribution in [0.4, 0.5) is 16.2 Å². The van der Waals surface area contributed by atoms with Crippen molar-refractivity contribution in [1.29, 1.82) is 0 Å². The highest BCUT2D eigenvalue weighted by Crippen LogP contribution is 2.42. The van der Waals surface area contributed by atoms with Crippen molar-refractivity contribution >= 4 is 40.6 Å². The van der Waals surface area contributed by atoms with Gasteiger partial charge in [-0.05, 0) is 42.8 Å². The van der Waals surface area contributed by atoms with Crippen molar-refractivity contribution in [3.05, 3.63) is 56.3 Å². The molecule has 2 heterocycles. The third kappa shape index (κ3) is 2.91. The van der Waals surface area contributed by atoms with E-state index in [2.05, 4.69) is 10.6 Å². The lowest BCUT2D eigenvalue weighted by molar-refractivity contribution is -0.384. The van der Waals surface area contributed by atoms with Crippen LogP contribution < -0.4 is 10.6 Å². The van der Waals surface area contributed by atoms with Crippen LogP contribution in [-0.4, -0.2) is 34.2 Å². The molecule has 1 saturated heterocycles.